The van der Waals surface area contributed by atoms with Gasteiger partial charge in [-0.25, -0.2) is 0 Å². The zero-order valence-corrected chi connectivity index (χ0v) is 23.0. The Morgan fingerprint density at radius 1 is 0.892 bits per heavy atom. The number of amides is 2. The number of nitrogens with one attached hydrogen (secondary N) is 1. The fraction of sp³-hybridized carbons (Fsp3) is 0.375. The highest BCUT2D eigenvalue weighted by atomic mass is 16.5. The quantitative estimate of drug-likeness (QED) is 0.381. The second-order valence-corrected chi connectivity index (χ2v) is 10.9. The van der Waals surface area contributed by atoms with E-state index in [0.29, 0.717) is 18.7 Å². The largest absolute Gasteiger partial charge is 0.484 e. The maximum atomic E-state index is 13.7. The van der Waals surface area contributed by atoms with Crippen molar-refractivity contribution in [1.82, 2.24) is 10.2 Å². The third-order valence-electron chi connectivity index (χ3n) is 6.22. The molecule has 0 aliphatic rings. The van der Waals surface area contributed by atoms with Crippen LogP contribution in [0.15, 0.2) is 78.9 Å². The molecule has 1 N–H and O–H groups in total. The zero-order chi connectivity index (χ0) is 27.0. The minimum Gasteiger partial charge on any atom is -0.484 e. The van der Waals surface area contributed by atoms with Crippen molar-refractivity contribution >= 4 is 11.8 Å². The fourth-order valence-electron chi connectivity index (χ4n) is 4.22. The molecule has 0 fully saturated rings. The molecule has 0 aliphatic heterocycles. The first-order valence-corrected chi connectivity index (χ1v) is 13.0. The van der Waals surface area contributed by atoms with Gasteiger partial charge in [-0.05, 0) is 55.0 Å². The van der Waals surface area contributed by atoms with Gasteiger partial charge < -0.3 is 15.0 Å². The molecule has 0 aliphatic carbocycles. The Morgan fingerprint density at radius 2 is 1.54 bits per heavy atom. The van der Waals surface area contributed by atoms with Crippen LogP contribution < -0.4 is 10.1 Å². The first-order valence-electron chi connectivity index (χ1n) is 13.0. The van der Waals surface area contributed by atoms with E-state index in [0.717, 1.165) is 16.7 Å². The minimum atomic E-state index is -0.676. The van der Waals surface area contributed by atoms with E-state index in [9.17, 15) is 9.59 Å². The van der Waals surface area contributed by atoms with Crippen molar-refractivity contribution in [2.75, 3.05) is 6.61 Å². The van der Waals surface area contributed by atoms with Gasteiger partial charge in [0.1, 0.15) is 11.8 Å². The molecule has 0 unspecified atom stereocenters. The van der Waals surface area contributed by atoms with Crippen molar-refractivity contribution in [2.45, 2.75) is 72.0 Å². The Balaban J connectivity index is 1.88. The van der Waals surface area contributed by atoms with Gasteiger partial charge in [0, 0.05) is 19.0 Å². The van der Waals surface area contributed by atoms with Gasteiger partial charge in [-0.3, -0.25) is 9.59 Å². The van der Waals surface area contributed by atoms with Gasteiger partial charge in [0.2, 0.25) is 5.91 Å². The summed E-state index contributed by atoms with van der Waals surface area (Å²) in [5.74, 6) is 0.221. The number of carbonyl (C=O) groups excluding carboxylic acids is 2. The van der Waals surface area contributed by atoms with E-state index in [4.69, 9.17) is 4.74 Å². The first-order chi connectivity index (χ1) is 17.5. The lowest BCUT2D eigenvalue weighted by molar-refractivity contribution is -0.143. The number of aryl methyl sites for hydroxylation is 1. The molecule has 0 heterocycles. The van der Waals surface area contributed by atoms with Crippen molar-refractivity contribution < 1.29 is 14.3 Å². The van der Waals surface area contributed by atoms with Crippen LogP contribution in [0.1, 0.15) is 56.9 Å². The van der Waals surface area contributed by atoms with Crippen LogP contribution in [0.4, 0.5) is 0 Å². The number of carbonyl (C=O) groups is 2. The van der Waals surface area contributed by atoms with Crippen LogP contribution in [0.5, 0.6) is 5.75 Å². The fourth-order valence-corrected chi connectivity index (χ4v) is 4.22. The second kappa shape index (κ2) is 12.6. The highest BCUT2D eigenvalue weighted by Gasteiger charge is 2.31. The Kier molecular flexibility index (Phi) is 9.51. The molecule has 0 spiro atoms. The lowest BCUT2D eigenvalue weighted by Crippen LogP contribution is -2.52. The average molecular weight is 501 g/mol. The van der Waals surface area contributed by atoms with Crippen LogP contribution in [-0.4, -0.2) is 35.4 Å². The van der Waals surface area contributed by atoms with E-state index in [-0.39, 0.29) is 29.9 Å². The summed E-state index contributed by atoms with van der Waals surface area (Å²) in [4.78, 5) is 28.8. The van der Waals surface area contributed by atoms with Crippen LogP contribution >= 0.6 is 0 Å². The summed E-state index contributed by atoms with van der Waals surface area (Å²) < 4.78 is 5.92. The number of hydrogen-bond acceptors (Lipinski definition) is 3. The third kappa shape index (κ3) is 8.49. The Morgan fingerprint density at radius 3 is 2.14 bits per heavy atom. The summed E-state index contributed by atoms with van der Waals surface area (Å²) in [6.07, 6.45) is 0.414. The molecule has 3 aromatic rings. The van der Waals surface area contributed by atoms with Gasteiger partial charge in [0.15, 0.2) is 6.61 Å². The summed E-state index contributed by atoms with van der Waals surface area (Å²) in [5.41, 5.74) is 4.30. The average Bonchev–Trinajstić information content (AvgIpc) is 2.84. The molecule has 3 rings (SSSR count). The molecule has 5 nitrogen and oxygen atoms in total. The highest BCUT2D eigenvalue weighted by Crippen LogP contribution is 2.24. The molecule has 196 valence electrons. The van der Waals surface area contributed by atoms with Gasteiger partial charge >= 0.3 is 0 Å². The summed E-state index contributed by atoms with van der Waals surface area (Å²) in [5, 5.41) is 3.02. The lowest BCUT2D eigenvalue weighted by Gasteiger charge is -2.32. The molecule has 3 aromatic carbocycles. The van der Waals surface area contributed by atoms with Crippen LogP contribution in [0.3, 0.4) is 0 Å². The molecule has 0 saturated carbocycles. The van der Waals surface area contributed by atoms with E-state index in [2.05, 4.69) is 26.1 Å². The number of ether oxygens (including phenoxy) is 1. The van der Waals surface area contributed by atoms with Gasteiger partial charge in [0.25, 0.3) is 5.91 Å². The SMILES string of the molecule is Cc1cccc(CN(C(=O)COc2ccc(C(C)(C)C)cc2)[C@H](Cc2ccccc2)C(=O)NC(C)C)c1. The molecular weight excluding hydrogens is 460 g/mol. The van der Waals surface area contributed by atoms with Crippen LogP contribution in [0.2, 0.25) is 0 Å². The Bertz CT molecular complexity index is 1160. The summed E-state index contributed by atoms with van der Waals surface area (Å²) >= 11 is 0. The van der Waals surface area contributed by atoms with E-state index in [1.807, 2.05) is 99.6 Å². The van der Waals surface area contributed by atoms with Crippen LogP contribution in [0.25, 0.3) is 0 Å². The number of benzene rings is 3. The van der Waals surface area contributed by atoms with Gasteiger partial charge in [-0.2, -0.15) is 0 Å². The van der Waals surface area contributed by atoms with Crippen molar-refractivity contribution in [3.8, 4) is 5.75 Å². The molecule has 2 amide bonds. The number of rotatable bonds is 10. The predicted molar refractivity (Wildman–Crippen MR) is 150 cm³/mol. The van der Waals surface area contributed by atoms with E-state index >= 15 is 0 Å². The predicted octanol–water partition coefficient (Wildman–Crippen LogP) is 5.84. The van der Waals surface area contributed by atoms with E-state index in [1.165, 1.54) is 5.56 Å². The molecule has 0 bridgehead atoms. The smallest absolute Gasteiger partial charge is 0.261 e. The normalized spacial score (nSPS) is 12.2. The van der Waals surface area contributed by atoms with Gasteiger partial charge in [-0.15, -0.1) is 0 Å². The zero-order valence-electron chi connectivity index (χ0n) is 23.0. The molecule has 1 atom stereocenters. The van der Waals surface area contributed by atoms with Crippen molar-refractivity contribution in [3.05, 3.63) is 101 Å². The monoisotopic (exact) mass is 500 g/mol. The molecule has 0 saturated heterocycles. The minimum absolute atomic E-state index is 0.0351. The topological polar surface area (TPSA) is 58.6 Å². The summed E-state index contributed by atoms with van der Waals surface area (Å²) in [6.45, 7) is 12.5. The second-order valence-electron chi connectivity index (χ2n) is 10.9. The third-order valence-corrected chi connectivity index (χ3v) is 6.22. The van der Waals surface area contributed by atoms with Crippen molar-refractivity contribution in [2.24, 2.45) is 0 Å². The van der Waals surface area contributed by atoms with Crippen molar-refractivity contribution in [1.29, 1.82) is 0 Å². The maximum absolute atomic E-state index is 13.7. The standard InChI is InChI=1S/C32H40N2O3/c1-23(2)33-31(36)29(20-25-12-8-7-9-13-25)34(21-26-14-10-11-24(3)19-26)30(35)22-37-28-17-15-27(16-18-28)32(4,5)6/h7-19,23,29H,20-22H2,1-6H3,(H,33,36)/t29-/m1/s1. The van der Waals surface area contributed by atoms with E-state index < -0.39 is 6.04 Å². The molecule has 5 heteroatoms. The molecule has 0 radical (unpaired) electrons. The lowest BCUT2D eigenvalue weighted by atomic mass is 9.87. The van der Waals surface area contributed by atoms with Crippen LogP contribution in [0, 0.1) is 6.92 Å². The number of hydrogen-bond donors (Lipinski definition) is 1. The molecule has 37 heavy (non-hydrogen) atoms. The van der Waals surface area contributed by atoms with Gasteiger partial charge in [-0.1, -0.05) is 93.1 Å². The molecular formula is C32H40N2O3. The van der Waals surface area contributed by atoms with Crippen molar-refractivity contribution in [3.63, 3.8) is 0 Å². The number of nitrogens with zero attached hydrogens (tertiary/aromatic N) is 1. The summed E-state index contributed by atoms with van der Waals surface area (Å²) in [6, 6.07) is 25.0. The van der Waals surface area contributed by atoms with Crippen LogP contribution in [-0.2, 0) is 28.0 Å². The highest BCUT2D eigenvalue weighted by molar-refractivity contribution is 5.88. The molecule has 0 aromatic heterocycles. The maximum Gasteiger partial charge on any atom is 0.261 e. The van der Waals surface area contributed by atoms with Gasteiger partial charge in [0.05, 0.1) is 0 Å². The van der Waals surface area contributed by atoms with E-state index in [1.54, 1.807) is 4.90 Å². The Labute approximate surface area is 221 Å². The Hall–Kier alpha value is -3.60. The first kappa shape index (κ1) is 28.0. The summed E-state index contributed by atoms with van der Waals surface area (Å²) in [7, 11) is 0.